The summed E-state index contributed by atoms with van der Waals surface area (Å²) in [6.07, 6.45) is 3.92. The number of hydrogen-bond acceptors (Lipinski definition) is 5. The van der Waals surface area contributed by atoms with E-state index < -0.39 is 0 Å². The zero-order valence-electron chi connectivity index (χ0n) is 14.5. The summed E-state index contributed by atoms with van der Waals surface area (Å²) in [5, 5.41) is 0. The van der Waals surface area contributed by atoms with Gasteiger partial charge in [0.25, 0.3) is 0 Å². The van der Waals surface area contributed by atoms with Crippen molar-refractivity contribution in [3.05, 3.63) is 41.5 Å². The molecule has 24 heavy (non-hydrogen) atoms. The predicted octanol–water partition coefficient (Wildman–Crippen LogP) is 3.86. The molecule has 0 aromatic heterocycles. The molecule has 0 aliphatic heterocycles. The van der Waals surface area contributed by atoms with E-state index in [1.165, 1.54) is 0 Å². The standard InChI is InChI=1S/C19H23NO4/c1-5-24-16-9-8-13(10-15(16)20)6-7-14-11-17(21-2)19(23-4)18(12-14)22-3/h6-12H,5,20H2,1-4H3. The fourth-order valence-corrected chi connectivity index (χ4v) is 2.35. The lowest BCUT2D eigenvalue weighted by Crippen LogP contribution is -1.96. The second-order valence-corrected chi connectivity index (χ2v) is 5.02. The van der Waals surface area contributed by atoms with Crippen molar-refractivity contribution >= 4 is 17.8 Å². The van der Waals surface area contributed by atoms with Gasteiger partial charge in [-0.25, -0.2) is 0 Å². The van der Waals surface area contributed by atoms with Gasteiger partial charge in [-0.15, -0.1) is 0 Å². The maximum Gasteiger partial charge on any atom is 0.203 e. The van der Waals surface area contributed by atoms with E-state index in [0.29, 0.717) is 35.3 Å². The van der Waals surface area contributed by atoms with Crippen LogP contribution >= 0.6 is 0 Å². The van der Waals surface area contributed by atoms with E-state index in [4.69, 9.17) is 24.7 Å². The lowest BCUT2D eigenvalue weighted by molar-refractivity contribution is 0.324. The molecule has 0 saturated carbocycles. The van der Waals surface area contributed by atoms with Gasteiger partial charge in [0.05, 0.1) is 33.6 Å². The first-order chi connectivity index (χ1) is 11.6. The molecule has 0 saturated heterocycles. The van der Waals surface area contributed by atoms with Gasteiger partial charge >= 0.3 is 0 Å². The van der Waals surface area contributed by atoms with Crippen LogP contribution in [0.15, 0.2) is 30.3 Å². The van der Waals surface area contributed by atoms with E-state index in [-0.39, 0.29) is 0 Å². The Morgan fingerprint density at radius 1 is 0.833 bits per heavy atom. The predicted molar refractivity (Wildman–Crippen MR) is 97.0 cm³/mol. The van der Waals surface area contributed by atoms with Crippen LogP contribution in [0.4, 0.5) is 5.69 Å². The highest BCUT2D eigenvalue weighted by Crippen LogP contribution is 2.38. The smallest absolute Gasteiger partial charge is 0.203 e. The van der Waals surface area contributed by atoms with Crippen LogP contribution in [-0.2, 0) is 0 Å². The minimum Gasteiger partial charge on any atom is -0.493 e. The van der Waals surface area contributed by atoms with Crippen LogP contribution in [0.5, 0.6) is 23.0 Å². The SMILES string of the molecule is CCOc1ccc(C=Cc2cc(OC)c(OC)c(OC)c2)cc1N. The Hall–Kier alpha value is -2.82. The summed E-state index contributed by atoms with van der Waals surface area (Å²) in [5.41, 5.74) is 8.51. The summed E-state index contributed by atoms with van der Waals surface area (Å²) in [5.74, 6) is 2.50. The molecule has 0 aliphatic carbocycles. The molecule has 0 bridgehead atoms. The maximum absolute atomic E-state index is 5.99. The Labute approximate surface area is 142 Å². The third-order valence-electron chi connectivity index (χ3n) is 3.49. The number of rotatable bonds is 7. The van der Waals surface area contributed by atoms with Crippen molar-refractivity contribution in [1.29, 1.82) is 0 Å². The Morgan fingerprint density at radius 3 is 1.96 bits per heavy atom. The van der Waals surface area contributed by atoms with Crippen LogP contribution in [0.1, 0.15) is 18.1 Å². The quantitative estimate of drug-likeness (QED) is 0.617. The van der Waals surface area contributed by atoms with Gasteiger partial charge in [-0.05, 0) is 42.3 Å². The molecule has 5 nitrogen and oxygen atoms in total. The highest BCUT2D eigenvalue weighted by molar-refractivity contribution is 5.74. The van der Waals surface area contributed by atoms with Crippen LogP contribution < -0.4 is 24.7 Å². The molecule has 0 atom stereocenters. The Balaban J connectivity index is 2.30. The molecular weight excluding hydrogens is 306 g/mol. The third-order valence-corrected chi connectivity index (χ3v) is 3.49. The van der Waals surface area contributed by atoms with Gasteiger partial charge in [-0.2, -0.15) is 0 Å². The lowest BCUT2D eigenvalue weighted by Gasteiger charge is -2.12. The monoisotopic (exact) mass is 329 g/mol. The summed E-state index contributed by atoms with van der Waals surface area (Å²) in [7, 11) is 4.77. The van der Waals surface area contributed by atoms with E-state index in [2.05, 4.69) is 0 Å². The topological polar surface area (TPSA) is 62.9 Å². The highest BCUT2D eigenvalue weighted by atomic mass is 16.5. The fraction of sp³-hybridized carbons (Fsp3) is 0.263. The zero-order valence-corrected chi connectivity index (χ0v) is 14.5. The molecule has 0 unspecified atom stereocenters. The summed E-state index contributed by atoms with van der Waals surface area (Å²) >= 11 is 0. The van der Waals surface area contributed by atoms with Gasteiger partial charge in [0, 0.05) is 0 Å². The zero-order chi connectivity index (χ0) is 17.5. The lowest BCUT2D eigenvalue weighted by atomic mass is 10.1. The molecular formula is C19H23NO4. The molecule has 2 aromatic rings. The fourth-order valence-electron chi connectivity index (χ4n) is 2.35. The molecule has 2 rings (SSSR count). The van der Waals surface area contributed by atoms with Gasteiger partial charge < -0.3 is 24.7 Å². The average Bonchev–Trinajstić information content (AvgIpc) is 2.61. The Morgan fingerprint density at radius 2 is 1.46 bits per heavy atom. The van der Waals surface area contributed by atoms with E-state index >= 15 is 0 Å². The van der Waals surface area contributed by atoms with Crippen molar-refractivity contribution in [1.82, 2.24) is 0 Å². The Kier molecular flexibility index (Phi) is 5.95. The number of hydrogen-bond donors (Lipinski definition) is 1. The van der Waals surface area contributed by atoms with Gasteiger partial charge in [0.1, 0.15) is 5.75 Å². The van der Waals surface area contributed by atoms with E-state index in [1.807, 2.05) is 49.4 Å². The van der Waals surface area contributed by atoms with Crippen LogP contribution in [0, 0.1) is 0 Å². The molecule has 128 valence electrons. The van der Waals surface area contributed by atoms with Crippen molar-refractivity contribution < 1.29 is 18.9 Å². The molecule has 0 radical (unpaired) electrons. The first-order valence-electron chi connectivity index (χ1n) is 7.63. The average molecular weight is 329 g/mol. The largest absolute Gasteiger partial charge is 0.493 e. The van der Waals surface area contributed by atoms with Gasteiger partial charge in [-0.1, -0.05) is 18.2 Å². The summed E-state index contributed by atoms with van der Waals surface area (Å²) < 4.78 is 21.5. The number of methoxy groups -OCH3 is 3. The normalized spacial score (nSPS) is 10.7. The van der Waals surface area contributed by atoms with Gasteiger partial charge in [0.15, 0.2) is 11.5 Å². The minimum atomic E-state index is 0.572. The summed E-state index contributed by atoms with van der Waals surface area (Å²) in [4.78, 5) is 0. The minimum absolute atomic E-state index is 0.572. The van der Waals surface area contributed by atoms with E-state index in [1.54, 1.807) is 21.3 Å². The third kappa shape index (κ3) is 3.93. The van der Waals surface area contributed by atoms with E-state index in [9.17, 15) is 0 Å². The number of nitrogen functional groups attached to an aromatic ring is 1. The molecule has 0 amide bonds. The van der Waals surface area contributed by atoms with Crippen LogP contribution in [0.25, 0.3) is 12.2 Å². The molecule has 0 heterocycles. The molecule has 0 spiro atoms. The second-order valence-electron chi connectivity index (χ2n) is 5.02. The van der Waals surface area contributed by atoms with Crippen molar-refractivity contribution in [2.75, 3.05) is 33.7 Å². The molecule has 0 fully saturated rings. The second kappa shape index (κ2) is 8.15. The Bertz CT molecular complexity index is 700. The summed E-state index contributed by atoms with van der Waals surface area (Å²) in [6.45, 7) is 2.52. The van der Waals surface area contributed by atoms with E-state index in [0.717, 1.165) is 11.1 Å². The highest BCUT2D eigenvalue weighted by Gasteiger charge is 2.12. The van der Waals surface area contributed by atoms with Crippen LogP contribution in [0.2, 0.25) is 0 Å². The van der Waals surface area contributed by atoms with Gasteiger partial charge in [0.2, 0.25) is 5.75 Å². The number of ether oxygens (including phenoxy) is 4. The molecule has 0 aliphatic rings. The molecule has 2 N–H and O–H groups in total. The summed E-state index contributed by atoms with van der Waals surface area (Å²) in [6, 6.07) is 9.47. The van der Waals surface area contributed by atoms with Crippen molar-refractivity contribution in [3.63, 3.8) is 0 Å². The molecule has 2 aromatic carbocycles. The molecule has 5 heteroatoms. The van der Waals surface area contributed by atoms with Crippen molar-refractivity contribution in [2.45, 2.75) is 6.92 Å². The van der Waals surface area contributed by atoms with Crippen LogP contribution in [-0.4, -0.2) is 27.9 Å². The number of benzene rings is 2. The maximum atomic E-state index is 5.99. The van der Waals surface area contributed by atoms with Crippen molar-refractivity contribution in [2.24, 2.45) is 0 Å². The van der Waals surface area contributed by atoms with Gasteiger partial charge in [-0.3, -0.25) is 0 Å². The first kappa shape index (κ1) is 17.5. The van der Waals surface area contributed by atoms with Crippen molar-refractivity contribution in [3.8, 4) is 23.0 Å². The number of anilines is 1. The number of nitrogens with two attached hydrogens (primary N) is 1. The first-order valence-corrected chi connectivity index (χ1v) is 7.63. The van der Waals surface area contributed by atoms with Crippen LogP contribution in [0.3, 0.4) is 0 Å².